The molecule has 3 aliphatic rings. The molecule has 2 saturated carbocycles. The van der Waals surface area contributed by atoms with E-state index in [0.29, 0.717) is 28.8 Å². The summed E-state index contributed by atoms with van der Waals surface area (Å²) < 4.78 is 0. The number of fused-ring (bicyclic) bond motifs is 3. The summed E-state index contributed by atoms with van der Waals surface area (Å²) >= 11 is 0. The first-order chi connectivity index (χ1) is 11.3. The van der Waals surface area contributed by atoms with E-state index in [1.807, 2.05) is 0 Å². The van der Waals surface area contributed by atoms with Crippen molar-refractivity contribution in [2.45, 2.75) is 79.1 Å². The molecule has 0 aliphatic heterocycles. The first-order valence-corrected chi connectivity index (χ1v) is 10.2. The van der Waals surface area contributed by atoms with Gasteiger partial charge in [0.15, 0.2) is 0 Å². The Morgan fingerprint density at radius 2 is 2.04 bits per heavy atom. The number of aliphatic hydroxyl groups is 1. The molecular weight excluding hydrogens is 292 g/mol. The molecule has 0 aromatic rings. The highest BCUT2D eigenvalue weighted by molar-refractivity contribution is 5.28. The summed E-state index contributed by atoms with van der Waals surface area (Å²) in [5, 5.41) is 9.49. The van der Waals surface area contributed by atoms with Crippen LogP contribution in [0.25, 0.3) is 0 Å². The van der Waals surface area contributed by atoms with Gasteiger partial charge in [-0.2, -0.15) is 0 Å². The second-order valence-corrected chi connectivity index (χ2v) is 9.94. The largest absolute Gasteiger partial charge is 0.396 e. The molecule has 136 valence electrons. The van der Waals surface area contributed by atoms with E-state index in [1.165, 1.54) is 44.9 Å². The zero-order chi connectivity index (χ0) is 17.6. The lowest BCUT2D eigenvalue weighted by Crippen LogP contribution is -2.52. The minimum Gasteiger partial charge on any atom is -0.396 e. The van der Waals surface area contributed by atoms with E-state index in [-0.39, 0.29) is 0 Å². The van der Waals surface area contributed by atoms with Gasteiger partial charge in [-0.3, -0.25) is 0 Å². The first-order valence-electron chi connectivity index (χ1n) is 10.2. The Morgan fingerprint density at radius 3 is 2.71 bits per heavy atom. The summed E-state index contributed by atoms with van der Waals surface area (Å²) in [6.45, 7) is 14.3. The third kappa shape index (κ3) is 2.71. The maximum absolute atomic E-state index is 9.49. The predicted octanol–water partition coefficient (Wildman–Crippen LogP) is 6.14. The monoisotopic (exact) mass is 330 g/mol. The van der Waals surface area contributed by atoms with Crippen molar-refractivity contribution in [1.29, 1.82) is 0 Å². The van der Waals surface area contributed by atoms with Crippen LogP contribution >= 0.6 is 0 Å². The molecule has 0 saturated heterocycles. The van der Waals surface area contributed by atoms with Crippen molar-refractivity contribution < 1.29 is 5.11 Å². The fourth-order valence-corrected chi connectivity index (χ4v) is 6.78. The van der Waals surface area contributed by atoms with Gasteiger partial charge >= 0.3 is 0 Å². The van der Waals surface area contributed by atoms with Gasteiger partial charge in [0.2, 0.25) is 0 Å². The number of allylic oxidation sites excluding steroid dienone is 3. The van der Waals surface area contributed by atoms with Gasteiger partial charge in [-0.1, -0.05) is 51.8 Å². The van der Waals surface area contributed by atoms with Gasteiger partial charge in [0, 0.05) is 6.61 Å². The van der Waals surface area contributed by atoms with Crippen molar-refractivity contribution in [3.05, 3.63) is 24.3 Å². The van der Waals surface area contributed by atoms with E-state index in [2.05, 4.69) is 46.4 Å². The summed E-state index contributed by atoms with van der Waals surface area (Å²) in [5.74, 6) is 2.18. The summed E-state index contributed by atoms with van der Waals surface area (Å²) in [4.78, 5) is 0. The second-order valence-electron chi connectivity index (χ2n) is 9.94. The molecule has 3 aliphatic carbocycles. The van der Waals surface area contributed by atoms with Crippen molar-refractivity contribution in [1.82, 2.24) is 0 Å². The van der Waals surface area contributed by atoms with Crippen molar-refractivity contribution in [3.63, 3.8) is 0 Å². The lowest BCUT2D eigenvalue weighted by Gasteiger charge is -2.61. The highest BCUT2D eigenvalue weighted by Gasteiger charge is 2.56. The standard InChI is InChI=1S/C23H38O/c1-6-21(3)14-10-19-18(16-21)8-9-20-22(4,17(2)11-15-24)12-7-13-23(19,20)5/h6,10,17-18,20,24H,1,7-9,11-16H2,2-5H3/t17?,18?,20?,21-,22-,23-/m0/s1. The Hall–Kier alpha value is -0.560. The van der Waals surface area contributed by atoms with Crippen LogP contribution < -0.4 is 0 Å². The minimum atomic E-state index is 0.305. The lowest BCUT2D eigenvalue weighted by atomic mass is 9.44. The van der Waals surface area contributed by atoms with Crippen LogP contribution in [0.4, 0.5) is 0 Å². The van der Waals surface area contributed by atoms with Crippen molar-refractivity contribution >= 4 is 0 Å². The molecule has 0 bridgehead atoms. The first kappa shape index (κ1) is 18.2. The number of rotatable bonds is 4. The van der Waals surface area contributed by atoms with Crippen LogP contribution in [-0.4, -0.2) is 11.7 Å². The second kappa shape index (κ2) is 6.31. The molecule has 3 rings (SSSR count). The molecule has 2 fully saturated rings. The smallest absolute Gasteiger partial charge is 0.0433 e. The lowest BCUT2D eigenvalue weighted by molar-refractivity contribution is -0.0621. The molecule has 6 atom stereocenters. The number of hydrogen-bond acceptors (Lipinski definition) is 1. The molecule has 1 heteroatoms. The summed E-state index contributed by atoms with van der Waals surface area (Å²) in [5.41, 5.74) is 2.88. The quantitative estimate of drug-likeness (QED) is 0.614. The van der Waals surface area contributed by atoms with Crippen molar-refractivity contribution in [3.8, 4) is 0 Å². The molecule has 0 radical (unpaired) electrons. The summed E-state index contributed by atoms with van der Waals surface area (Å²) in [6, 6.07) is 0. The fraction of sp³-hybridized carbons (Fsp3) is 0.826. The Labute approximate surface area is 149 Å². The van der Waals surface area contributed by atoms with E-state index >= 15 is 0 Å². The SMILES string of the molecule is C=C[C@@]1(C)CC=C2C(CCC3[C@](C)(C(C)CCO)CCC[C@@]23C)C1. The number of hydrogen-bond donors (Lipinski definition) is 1. The average Bonchev–Trinajstić information content (AvgIpc) is 2.54. The van der Waals surface area contributed by atoms with E-state index in [4.69, 9.17) is 0 Å². The Kier molecular flexibility index (Phi) is 4.79. The van der Waals surface area contributed by atoms with Crippen LogP contribution in [0.1, 0.15) is 79.1 Å². The van der Waals surface area contributed by atoms with Crippen LogP contribution in [0, 0.1) is 34.0 Å². The molecular formula is C23H38O. The van der Waals surface area contributed by atoms with Crippen molar-refractivity contribution in [2.75, 3.05) is 6.61 Å². The zero-order valence-corrected chi connectivity index (χ0v) is 16.4. The topological polar surface area (TPSA) is 20.2 Å². The Bertz CT molecular complexity index is 520. The van der Waals surface area contributed by atoms with Gasteiger partial charge in [-0.25, -0.2) is 0 Å². The molecule has 0 aromatic heterocycles. The van der Waals surface area contributed by atoms with Crippen molar-refractivity contribution in [2.24, 2.45) is 34.0 Å². The highest BCUT2D eigenvalue weighted by atomic mass is 16.3. The zero-order valence-electron chi connectivity index (χ0n) is 16.4. The average molecular weight is 331 g/mol. The molecule has 1 N–H and O–H groups in total. The fourth-order valence-electron chi connectivity index (χ4n) is 6.78. The van der Waals surface area contributed by atoms with Crippen LogP contribution in [-0.2, 0) is 0 Å². The van der Waals surface area contributed by atoms with Gasteiger partial charge in [-0.15, -0.1) is 6.58 Å². The molecule has 1 nitrogen and oxygen atoms in total. The molecule has 0 amide bonds. The van der Waals surface area contributed by atoms with E-state index in [9.17, 15) is 5.11 Å². The predicted molar refractivity (Wildman–Crippen MR) is 103 cm³/mol. The summed E-state index contributed by atoms with van der Waals surface area (Å²) in [6.07, 6.45) is 15.0. The van der Waals surface area contributed by atoms with Gasteiger partial charge in [0.25, 0.3) is 0 Å². The third-order valence-corrected chi connectivity index (χ3v) is 8.56. The van der Waals surface area contributed by atoms with Crippen LogP contribution in [0.2, 0.25) is 0 Å². The van der Waals surface area contributed by atoms with Gasteiger partial charge in [0.1, 0.15) is 0 Å². The number of aliphatic hydroxyl groups excluding tert-OH is 1. The van der Waals surface area contributed by atoms with Crippen LogP contribution in [0.3, 0.4) is 0 Å². The molecule has 3 unspecified atom stereocenters. The van der Waals surface area contributed by atoms with E-state index in [1.54, 1.807) is 5.57 Å². The molecule has 24 heavy (non-hydrogen) atoms. The Balaban J connectivity index is 1.93. The van der Waals surface area contributed by atoms with Crippen LogP contribution in [0.5, 0.6) is 0 Å². The molecule has 0 spiro atoms. The minimum absolute atomic E-state index is 0.305. The summed E-state index contributed by atoms with van der Waals surface area (Å²) in [7, 11) is 0. The van der Waals surface area contributed by atoms with Gasteiger partial charge in [0.05, 0.1) is 0 Å². The maximum Gasteiger partial charge on any atom is 0.0433 e. The van der Waals surface area contributed by atoms with Gasteiger partial charge in [-0.05, 0) is 78.9 Å². The third-order valence-electron chi connectivity index (χ3n) is 8.56. The Morgan fingerprint density at radius 1 is 1.29 bits per heavy atom. The normalized spacial score (nSPS) is 46.5. The van der Waals surface area contributed by atoms with E-state index < -0.39 is 0 Å². The molecule has 0 aromatic carbocycles. The van der Waals surface area contributed by atoms with E-state index in [0.717, 1.165) is 18.3 Å². The maximum atomic E-state index is 9.49. The van der Waals surface area contributed by atoms with Gasteiger partial charge < -0.3 is 5.11 Å². The highest BCUT2D eigenvalue weighted by Crippen LogP contribution is 2.65. The molecule has 0 heterocycles. The van der Waals surface area contributed by atoms with Crippen LogP contribution in [0.15, 0.2) is 24.3 Å².